The molecule has 0 aliphatic heterocycles. The Balaban J connectivity index is 1.79. The van der Waals surface area contributed by atoms with Crippen molar-refractivity contribution < 1.29 is 9.90 Å². The Labute approximate surface area is 173 Å². The molecule has 1 atom stereocenters. The van der Waals surface area contributed by atoms with Crippen LogP contribution in [-0.4, -0.2) is 15.6 Å². The molecule has 4 nitrogen and oxygen atoms in total. The molecule has 4 aromatic rings. The Morgan fingerprint density at radius 2 is 1.83 bits per heavy atom. The molecule has 1 heterocycles. The van der Waals surface area contributed by atoms with E-state index in [4.69, 9.17) is 5.26 Å². The van der Waals surface area contributed by atoms with Crippen molar-refractivity contribution in [2.75, 3.05) is 0 Å². The minimum absolute atomic E-state index is 0.422. The molecule has 0 bridgehead atoms. The summed E-state index contributed by atoms with van der Waals surface area (Å²) in [7, 11) is 0. The summed E-state index contributed by atoms with van der Waals surface area (Å²) in [5, 5.41) is 22.1. The zero-order valence-electron chi connectivity index (χ0n) is 16.1. The van der Waals surface area contributed by atoms with Gasteiger partial charge < -0.3 is 9.67 Å². The first-order valence-electron chi connectivity index (χ1n) is 9.80. The van der Waals surface area contributed by atoms with Crippen molar-refractivity contribution in [1.82, 2.24) is 4.57 Å². The van der Waals surface area contributed by atoms with E-state index in [1.807, 2.05) is 48.6 Å². The van der Waals surface area contributed by atoms with Crippen LogP contribution in [0.25, 0.3) is 38.6 Å². The van der Waals surface area contributed by atoms with E-state index in [0.29, 0.717) is 12.0 Å². The summed E-state index contributed by atoms with van der Waals surface area (Å²) in [5.74, 6) is -1.37. The summed E-state index contributed by atoms with van der Waals surface area (Å²) in [6.07, 6.45) is 5.97. The van der Waals surface area contributed by atoms with Crippen molar-refractivity contribution in [2.45, 2.75) is 6.42 Å². The lowest BCUT2D eigenvalue weighted by Crippen LogP contribution is -2.15. The highest BCUT2D eigenvalue weighted by Crippen LogP contribution is 2.37. The lowest BCUT2D eigenvalue weighted by atomic mass is 9.98. The summed E-state index contributed by atoms with van der Waals surface area (Å²) in [6.45, 7) is 0. The molecular weight excluding hydrogens is 372 g/mol. The second kappa shape index (κ2) is 7.06. The van der Waals surface area contributed by atoms with Gasteiger partial charge in [-0.15, -0.1) is 0 Å². The van der Waals surface area contributed by atoms with Crippen LogP contribution >= 0.6 is 0 Å². The van der Waals surface area contributed by atoms with Gasteiger partial charge in [0.05, 0.1) is 28.8 Å². The number of rotatable bonds is 3. The van der Waals surface area contributed by atoms with Gasteiger partial charge in [-0.25, -0.2) is 0 Å². The van der Waals surface area contributed by atoms with E-state index in [1.54, 1.807) is 6.08 Å². The predicted molar refractivity (Wildman–Crippen MR) is 119 cm³/mol. The monoisotopic (exact) mass is 390 g/mol. The summed E-state index contributed by atoms with van der Waals surface area (Å²) in [6, 6.07) is 24.3. The van der Waals surface area contributed by atoms with Crippen molar-refractivity contribution in [3.05, 3.63) is 90.5 Å². The topological polar surface area (TPSA) is 66.0 Å². The molecule has 1 aromatic heterocycles. The van der Waals surface area contributed by atoms with Gasteiger partial charge in [0.15, 0.2) is 0 Å². The zero-order valence-corrected chi connectivity index (χ0v) is 16.1. The van der Waals surface area contributed by atoms with E-state index < -0.39 is 11.9 Å². The van der Waals surface area contributed by atoms with Crippen molar-refractivity contribution in [2.24, 2.45) is 5.92 Å². The van der Waals surface area contributed by atoms with Crippen LogP contribution in [-0.2, 0) is 4.79 Å². The normalized spacial score (nSPS) is 15.8. The molecule has 1 N–H and O–H groups in total. The number of carbonyl (C=O) groups is 1. The molecule has 144 valence electrons. The molecule has 0 amide bonds. The van der Waals surface area contributed by atoms with Crippen LogP contribution in [0.5, 0.6) is 0 Å². The molecule has 0 saturated heterocycles. The van der Waals surface area contributed by atoms with Crippen LogP contribution in [0.3, 0.4) is 0 Å². The number of benzene rings is 3. The first kappa shape index (κ1) is 18.0. The summed E-state index contributed by atoms with van der Waals surface area (Å²) in [4.78, 5) is 11.6. The quantitative estimate of drug-likeness (QED) is 0.478. The van der Waals surface area contributed by atoms with Gasteiger partial charge in [-0.2, -0.15) is 5.26 Å². The highest BCUT2D eigenvalue weighted by molar-refractivity contribution is 6.09. The Morgan fingerprint density at radius 3 is 2.60 bits per heavy atom. The third-order valence-corrected chi connectivity index (χ3v) is 5.69. The minimum atomic E-state index is -0.821. The van der Waals surface area contributed by atoms with Crippen molar-refractivity contribution >= 4 is 33.3 Å². The molecule has 1 aliphatic carbocycles. The van der Waals surface area contributed by atoms with Gasteiger partial charge in [-0.1, -0.05) is 54.6 Å². The number of carboxylic acids is 1. The molecule has 5 rings (SSSR count). The van der Waals surface area contributed by atoms with Gasteiger partial charge in [0.1, 0.15) is 0 Å². The van der Waals surface area contributed by atoms with Crippen molar-refractivity contribution in [3.63, 3.8) is 0 Å². The molecule has 0 spiro atoms. The van der Waals surface area contributed by atoms with E-state index >= 15 is 0 Å². The number of carboxylic acid groups (broad SMARTS) is 1. The van der Waals surface area contributed by atoms with Crippen LogP contribution in [0.15, 0.2) is 85.0 Å². The molecule has 30 heavy (non-hydrogen) atoms. The van der Waals surface area contributed by atoms with E-state index in [0.717, 1.165) is 38.6 Å². The van der Waals surface area contributed by atoms with E-state index in [9.17, 15) is 9.90 Å². The molecular formula is C26H18N2O2. The van der Waals surface area contributed by atoms with Gasteiger partial charge in [-0.3, -0.25) is 4.79 Å². The Kier molecular flexibility index (Phi) is 4.22. The molecule has 3 aromatic carbocycles. The smallest absolute Gasteiger partial charge is 0.310 e. The lowest BCUT2D eigenvalue weighted by Gasteiger charge is -2.20. The minimum Gasteiger partial charge on any atom is -0.481 e. The van der Waals surface area contributed by atoms with Gasteiger partial charge in [0.2, 0.25) is 0 Å². The predicted octanol–water partition coefficient (Wildman–Crippen LogP) is 5.83. The van der Waals surface area contributed by atoms with Gasteiger partial charge in [-0.05, 0) is 46.7 Å². The molecule has 1 unspecified atom stereocenters. The Bertz CT molecular complexity index is 1400. The molecule has 1 aliphatic rings. The maximum atomic E-state index is 11.6. The van der Waals surface area contributed by atoms with Crippen LogP contribution < -0.4 is 0 Å². The van der Waals surface area contributed by atoms with Crippen LogP contribution in [0, 0.1) is 17.2 Å². The summed E-state index contributed by atoms with van der Waals surface area (Å²) >= 11 is 0. The molecule has 0 fully saturated rings. The zero-order chi connectivity index (χ0) is 20.7. The number of fused-ring (bicyclic) bond motifs is 3. The highest BCUT2D eigenvalue weighted by atomic mass is 16.4. The second-order valence-electron chi connectivity index (χ2n) is 7.47. The number of nitriles is 1. The lowest BCUT2D eigenvalue weighted by molar-refractivity contribution is -0.139. The van der Waals surface area contributed by atoms with Crippen LogP contribution in [0.2, 0.25) is 0 Å². The van der Waals surface area contributed by atoms with Gasteiger partial charge in [0, 0.05) is 17.5 Å². The van der Waals surface area contributed by atoms with Crippen LogP contribution in [0.4, 0.5) is 0 Å². The van der Waals surface area contributed by atoms with Crippen molar-refractivity contribution in [3.8, 4) is 17.3 Å². The molecule has 4 heteroatoms. The summed E-state index contributed by atoms with van der Waals surface area (Å²) < 4.78 is 2.16. The van der Waals surface area contributed by atoms with Crippen molar-refractivity contribution in [1.29, 1.82) is 5.26 Å². The molecule has 0 saturated carbocycles. The number of allylic oxidation sites excluding steroid dienone is 3. The van der Waals surface area contributed by atoms with Crippen LogP contribution in [0.1, 0.15) is 12.0 Å². The third kappa shape index (κ3) is 2.89. The maximum absolute atomic E-state index is 11.6. The second-order valence-corrected chi connectivity index (χ2v) is 7.47. The number of hydrogen-bond donors (Lipinski definition) is 1. The highest BCUT2D eigenvalue weighted by Gasteiger charge is 2.23. The largest absolute Gasteiger partial charge is 0.481 e. The number of aromatic nitrogens is 1. The number of hydrogen-bond acceptors (Lipinski definition) is 2. The van der Waals surface area contributed by atoms with Gasteiger partial charge >= 0.3 is 5.97 Å². The molecule has 0 radical (unpaired) electrons. The summed E-state index contributed by atoms with van der Waals surface area (Å²) in [5.41, 5.74) is 4.55. The fourth-order valence-electron chi connectivity index (χ4n) is 4.20. The van der Waals surface area contributed by atoms with E-state index in [2.05, 4.69) is 41.0 Å². The Morgan fingerprint density at radius 1 is 1.03 bits per heavy atom. The fraction of sp³-hybridized carbons (Fsp3) is 0.0769. The first-order valence-corrected chi connectivity index (χ1v) is 9.80. The standard InChI is InChI=1S/C26H18N2O2/c27-16-17-8-10-19(11-9-17)25-15-23-22-7-2-1-4-18(22)12-13-24(23)28(25)21-6-3-5-20(14-21)26(29)30/h1-13,15,20H,14H2,(H,29,30). The maximum Gasteiger partial charge on any atom is 0.310 e. The fourth-order valence-corrected chi connectivity index (χ4v) is 4.20. The van der Waals surface area contributed by atoms with E-state index in [-0.39, 0.29) is 0 Å². The average molecular weight is 390 g/mol. The SMILES string of the molecule is N#Cc1ccc(-c2cc3c4ccccc4ccc3n2C2=CC=CC(C(=O)O)C2)cc1. The first-order chi connectivity index (χ1) is 14.7. The number of aliphatic carboxylic acids is 1. The average Bonchev–Trinajstić information content (AvgIpc) is 3.19. The Hall–Kier alpha value is -4.10. The number of nitrogens with zero attached hydrogens (tertiary/aromatic N) is 2. The van der Waals surface area contributed by atoms with E-state index in [1.165, 1.54) is 0 Å². The third-order valence-electron chi connectivity index (χ3n) is 5.69. The van der Waals surface area contributed by atoms with Gasteiger partial charge in [0.25, 0.3) is 0 Å².